The molecule has 0 saturated carbocycles. The van der Waals surface area contributed by atoms with Crippen molar-refractivity contribution in [2.75, 3.05) is 19.7 Å². The molecule has 1 amide bonds. The molecule has 1 aromatic carbocycles. The van der Waals surface area contributed by atoms with Gasteiger partial charge in [-0.25, -0.2) is 0 Å². The van der Waals surface area contributed by atoms with E-state index in [0.29, 0.717) is 18.2 Å². The average molecular weight is 286 g/mol. The second kappa shape index (κ2) is 6.05. The molecule has 1 saturated heterocycles. The Labute approximate surface area is 123 Å². The number of para-hydroxylation sites is 1. The Morgan fingerprint density at radius 2 is 2.14 bits per heavy atom. The number of benzene rings is 1. The average Bonchev–Trinajstić information content (AvgIpc) is 3.17. The Bertz CT molecular complexity index is 611. The zero-order valence-corrected chi connectivity index (χ0v) is 11.7. The molecule has 6 heteroatoms. The maximum atomic E-state index is 12.4. The van der Waals surface area contributed by atoms with E-state index in [0.717, 1.165) is 25.1 Å². The van der Waals surface area contributed by atoms with Gasteiger partial charge >= 0.3 is 0 Å². The lowest BCUT2D eigenvalue weighted by molar-refractivity contribution is 0.0778. The number of nitrogens with zero attached hydrogens (tertiary/aromatic N) is 4. The van der Waals surface area contributed by atoms with Crippen LogP contribution in [0.4, 0.5) is 0 Å². The molecule has 1 unspecified atom stereocenters. The first-order chi connectivity index (χ1) is 10.3. The van der Waals surface area contributed by atoms with E-state index in [2.05, 4.69) is 10.2 Å². The van der Waals surface area contributed by atoms with Crippen LogP contribution in [0.15, 0.2) is 36.5 Å². The number of aromatic nitrogens is 3. The SMILES string of the molecule is O=C(c1cnn(-c2ccccc2)n1)N1CCC(CCO)C1. The lowest BCUT2D eigenvalue weighted by Crippen LogP contribution is -2.29. The Morgan fingerprint density at radius 1 is 1.33 bits per heavy atom. The highest BCUT2D eigenvalue weighted by molar-refractivity contribution is 5.92. The largest absolute Gasteiger partial charge is 0.396 e. The minimum Gasteiger partial charge on any atom is -0.396 e. The van der Waals surface area contributed by atoms with Crippen LogP contribution >= 0.6 is 0 Å². The van der Waals surface area contributed by atoms with Crippen LogP contribution in [0.3, 0.4) is 0 Å². The van der Waals surface area contributed by atoms with Gasteiger partial charge in [0.1, 0.15) is 0 Å². The molecule has 1 fully saturated rings. The Hall–Kier alpha value is -2.21. The normalized spacial score (nSPS) is 18.1. The quantitative estimate of drug-likeness (QED) is 0.914. The minimum atomic E-state index is -0.0855. The van der Waals surface area contributed by atoms with Crippen molar-refractivity contribution < 1.29 is 9.90 Å². The summed E-state index contributed by atoms with van der Waals surface area (Å²) in [5.41, 5.74) is 1.19. The van der Waals surface area contributed by atoms with E-state index in [1.165, 1.54) is 11.0 Å². The lowest BCUT2D eigenvalue weighted by atomic mass is 10.1. The Kier molecular flexibility index (Phi) is 3.96. The van der Waals surface area contributed by atoms with E-state index in [1.54, 1.807) is 4.90 Å². The number of hydrogen-bond acceptors (Lipinski definition) is 4. The fourth-order valence-electron chi connectivity index (χ4n) is 2.64. The molecule has 6 nitrogen and oxygen atoms in total. The van der Waals surface area contributed by atoms with Crippen molar-refractivity contribution in [1.29, 1.82) is 0 Å². The van der Waals surface area contributed by atoms with Gasteiger partial charge in [-0.2, -0.15) is 9.90 Å². The highest BCUT2D eigenvalue weighted by atomic mass is 16.3. The van der Waals surface area contributed by atoms with Crippen LogP contribution in [0.2, 0.25) is 0 Å². The standard InChI is InChI=1S/C15H18N4O2/c20-9-7-12-6-8-18(11-12)15(21)14-10-16-19(17-14)13-4-2-1-3-5-13/h1-5,10,12,20H,6-9,11H2. The predicted molar refractivity (Wildman–Crippen MR) is 77.1 cm³/mol. The number of aliphatic hydroxyl groups is 1. The van der Waals surface area contributed by atoms with Gasteiger partial charge in [0, 0.05) is 19.7 Å². The second-order valence-electron chi connectivity index (χ2n) is 5.27. The number of likely N-dealkylation sites (tertiary alicyclic amines) is 1. The summed E-state index contributed by atoms with van der Waals surface area (Å²) >= 11 is 0. The first-order valence-corrected chi connectivity index (χ1v) is 7.16. The molecular weight excluding hydrogens is 268 g/mol. The van der Waals surface area contributed by atoms with Crippen molar-refractivity contribution in [2.24, 2.45) is 5.92 Å². The van der Waals surface area contributed by atoms with Gasteiger partial charge in [-0.1, -0.05) is 18.2 Å². The molecule has 3 rings (SSSR count). The summed E-state index contributed by atoms with van der Waals surface area (Å²) in [6.45, 7) is 1.59. The maximum absolute atomic E-state index is 12.4. The Morgan fingerprint density at radius 3 is 2.90 bits per heavy atom. The van der Waals surface area contributed by atoms with E-state index in [9.17, 15) is 4.79 Å². The number of rotatable bonds is 4. The van der Waals surface area contributed by atoms with Crippen LogP contribution in [-0.4, -0.2) is 50.6 Å². The third-order valence-electron chi connectivity index (χ3n) is 3.81. The van der Waals surface area contributed by atoms with Crippen molar-refractivity contribution in [3.05, 3.63) is 42.2 Å². The highest BCUT2D eigenvalue weighted by Gasteiger charge is 2.28. The van der Waals surface area contributed by atoms with Crippen molar-refractivity contribution in [1.82, 2.24) is 19.9 Å². The fourth-order valence-corrected chi connectivity index (χ4v) is 2.64. The van der Waals surface area contributed by atoms with Crippen molar-refractivity contribution in [2.45, 2.75) is 12.8 Å². The van der Waals surface area contributed by atoms with Crippen LogP contribution < -0.4 is 0 Å². The molecule has 0 aliphatic carbocycles. The van der Waals surface area contributed by atoms with Gasteiger partial charge in [0.2, 0.25) is 0 Å². The molecule has 0 radical (unpaired) electrons. The summed E-state index contributed by atoms with van der Waals surface area (Å²) in [6, 6.07) is 9.51. The zero-order chi connectivity index (χ0) is 14.7. The van der Waals surface area contributed by atoms with Gasteiger partial charge in [-0.05, 0) is 30.9 Å². The van der Waals surface area contributed by atoms with Crippen LogP contribution in [0.1, 0.15) is 23.3 Å². The van der Waals surface area contributed by atoms with E-state index >= 15 is 0 Å². The monoisotopic (exact) mass is 286 g/mol. The molecule has 1 aromatic heterocycles. The lowest BCUT2D eigenvalue weighted by Gasteiger charge is -2.14. The molecule has 1 aliphatic heterocycles. The first kappa shape index (κ1) is 13.8. The molecular formula is C15H18N4O2. The van der Waals surface area contributed by atoms with Crippen LogP contribution in [-0.2, 0) is 0 Å². The summed E-state index contributed by atoms with van der Waals surface area (Å²) < 4.78 is 0. The summed E-state index contributed by atoms with van der Waals surface area (Å²) in [6.07, 6.45) is 3.20. The smallest absolute Gasteiger partial charge is 0.276 e. The van der Waals surface area contributed by atoms with Gasteiger partial charge in [-0.3, -0.25) is 4.79 Å². The summed E-state index contributed by atoms with van der Waals surface area (Å²) in [4.78, 5) is 15.6. The van der Waals surface area contributed by atoms with Gasteiger partial charge in [0.25, 0.3) is 5.91 Å². The minimum absolute atomic E-state index is 0.0855. The van der Waals surface area contributed by atoms with Gasteiger partial charge in [-0.15, -0.1) is 5.10 Å². The number of carbonyl (C=O) groups is 1. The van der Waals surface area contributed by atoms with Crippen LogP contribution in [0, 0.1) is 5.92 Å². The van der Waals surface area contributed by atoms with Gasteiger partial charge in [0.15, 0.2) is 5.69 Å². The van der Waals surface area contributed by atoms with Crippen molar-refractivity contribution >= 4 is 5.91 Å². The van der Waals surface area contributed by atoms with Crippen molar-refractivity contribution in [3.63, 3.8) is 0 Å². The predicted octanol–water partition coefficient (Wildman–Crippen LogP) is 1.11. The number of carbonyl (C=O) groups excluding carboxylic acids is 1. The number of hydrogen-bond donors (Lipinski definition) is 1. The highest BCUT2D eigenvalue weighted by Crippen LogP contribution is 2.20. The topological polar surface area (TPSA) is 71.2 Å². The third-order valence-corrected chi connectivity index (χ3v) is 3.81. The first-order valence-electron chi connectivity index (χ1n) is 7.16. The Balaban J connectivity index is 1.70. The summed E-state index contributed by atoms with van der Waals surface area (Å²) in [5, 5.41) is 17.4. The van der Waals surface area contributed by atoms with E-state index in [4.69, 9.17) is 5.11 Å². The number of amides is 1. The third kappa shape index (κ3) is 2.95. The summed E-state index contributed by atoms with van der Waals surface area (Å²) in [7, 11) is 0. The van der Waals surface area contributed by atoms with Gasteiger partial charge < -0.3 is 10.0 Å². The molecule has 0 spiro atoms. The molecule has 2 heterocycles. The number of aliphatic hydroxyl groups excluding tert-OH is 1. The molecule has 1 N–H and O–H groups in total. The van der Waals surface area contributed by atoms with Gasteiger partial charge in [0.05, 0.1) is 11.9 Å². The van der Waals surface area contributed by atoms with E-state index < -0.39 is 0 Å². The molecule has 110 valence electrons. The molecule has 21 heavy (non-hydrogen) atoms. The van der Waals surface area contributed by atoms with Crippen LogP contribution in [0.25, 0.3) is 5.69 Å². The zero-order valence-electron chi connectivity index (χ0n) is 11.7. The summed E-state index contributed by atoms with van der Waals surface area (Å²) in [5.74, 6) is 0.306. The molecule has 2 aromatic rings. The fraction of sp³-hybridized carbons (Fsp3) is 0.400. The van der Waals surface area contributed by atoms with E-state index in [1.807, 2.05) is 30.3 Å². The maximum Gasteiger partial charge on any atom is 0.276 e. The molecule has 1 atom stereocenters. The second-order valence-corrected chi connectivity index (χ2v) is 5.27. The van der Waals surface area contributed by atoms with Crippen molar-refractivity contribution in [3.8, 4) is 5.69 Å². The van der Waals surface area contributed by atoms with E-state index in [-0.39, 0.29) is 12.5 Å². The molecule has 0 bridgehead atoms. The van der Waals surface area contributed by atoms with Crippen LogP contribution in [0.5, 0.6) is 0 Å². The molecule has 1 aliphatic rings.